The number of aryl methyl sites for hydroxylation is 1. The van der Waals surface area contributed by atoms with E-state index in [-0.39, 0.29) is 23.2 Å². The first-order valence-electron chi connectivity index (χ1n) is 5.58. The smallest absolute Gasteiger partial charge is 0.247 e. The minimum atomic E-state index is -0.329. The van der Waals surface area contributed by atoms with Crippen LogP contribution in [0.4, 0.5) is 0 Å². The van der Waals surface area contributed by atoms with Gasteiger partial charge in [0, 0.05) is 6.20 Å². The average molecular weight is 259 g/mol. The Labute approximate surface area is 110 Å². The number of hydrogen-bond acceptors (Lipinski definition) is 6. The van der Waals surface area contributed by atoms with Crippen molar-refractivity contribution in [2.75, 3.05) is 14.2 Å². The molecule has 2 rings (SSSR count). The highest BCUT2D eigenvalue weighted by Gasteiger charge is 2.20. The van der Waals surface area contributed by atoms with E-state index in [0.717, 1.165) is 5.56 Å². The monoisotopic (exact) mass is 259 g/mol. The normalized spacial score (nSPS) is 10.1. The lowest BCUT2D eigenvalue weighted by atomic mass is 10.1. The predicted octanol–water partition coefficient (Wildman–Crippen LogP) is 1.43. The second kappa shape index (κ2) is 5.43. The summed E-state index contributed by atoms with van der Waals surface area (Å²) in [4.78, 5) is 24.5. The van der Waals surface area contributed by atoms with Crippen molar-refractivity contribution in [1.82, 2.24) is 15.0 Å². The molecule has 0 bridgehead atoms. The number of ketones is 1. The summed E-state index contributed by atoms with van der Waals surface area (Å²) >= 11 is 0. The van der Waals surface area contributed by atoms with Crippen LogP contribution in [0.15, 0.2) is 24.5 Å². The van der Waals surface area contributed by atoms with Crippen LogP contribution in [0.25, 0.3) is 0 Å². The van der Waals surface area contributed by atoms with E-state index >= 15 is 0 Å². The van der Waals surface area contributed by atoms with Gasteiger partial charge >= 0.3 is 0 Å². The second-order valence-corrected chi connectivity index (χ2v) is 3.77. The van der Waals surface area contributed by atoms with Gasteiger partial charge in [-0.3, -0.25) is 9.78 Å². The van der Waals surface area contributed by atoms with Crippen LogP contribution in [-0.4, -0.2) is 35.0 Å². The minimum Gasteiger partial charge on any atom is -0.480 e. The molecule has 98 valence electrons. The van der Waals surface area contributed by atoms with Gasteiger partial charge in [0.05, 0.1) is 20.4 Å². The van der Waals surface area contributed by atoms with Crippen molar-refractivity contribution in [3.63, 3.8) is 0 Å². The standard InChI is InChI=1S/C13H13N3O3/c1-8-5-4-6-14-10(8)12(17)11-13(19-3)16-9(18-2)7-15-11/h4-7H,1-3H3. The van der Waals surface area contributed by atoms with E-state index in [0.29, 0.717) is 5.69 Å². The van der Waals surface area contributed by atoms with Crippen LogP contribution in [0.1, 0.15) is 21.7 Å². The number of carbonyl (C=O) groups excluding carboxylic acids is 1. The van der Waals surface area contributed by atoms with Gasteiger partial charge < -0.3 is 9.47 Å². The van der Waals surface area contributed by atoms with Gasteiger partial charge in [0.1, 0.15) is 5.69 Å². The Morgan fingerprint density at radius 3 is 2.58 bits per heavy atom. The molecule has 6 nitrogen and oxygen atoms in total. The summed E-state index contributed by atoms with van der Waals surface area (Å²) < 4.78 is 10.0. The maximum Gasteiger partial charge on any atom is 0.247 e. The van der Waals surface area contributed by atoms with Gasteiger partial charge in [-0.05, 0) is 18.6 Å². The Morgan fingerprint density at radius 2 is 1.95 bits per heavy atom. The largest absolute Gasteiger partial charge is 0.480 e. The number of methoxy groups -OCH3 is 2. The van der Waals surface area contributed by atoms with Crippen molar-refractivity contribution in [3.05, 3.63) is 41.5 Å². The maximum absolute atomic E-state index is 12.4. The summed E-state index contributed by atoms with van der Waals surface area (Å²) in [7, 11) is 2.89. The number of hydrogen-bond donors (Lipinski definition) is 0. The molecule has 0 aliphatic carbocycles. The second-order valence-electron chi connectivity index (χ2n) is 3.77. The van der Waals surface area contributed by atoms with Crippen LogP contribution in [0.2, 0.25) is 0 Å². The summed E-state index contributed by atoms with van der Waals surface area (Å²) in [5, 5.41) is 0. The molecule has 0 amide bonds. The first-order chi connectivity index (χ1) is 9.17. The Bertz CT molecular complexity index is 614. The van der Waals surface area contributed by atoms with Gasteiger partial charge in [0.2, 0.25) is 17.5 Å². The Kier molecular flexibility index (Phi) is 3.70. The van der Waals surface area contributed by atoms with Crippen LogP contribution < -0.4 is 9.47 Å². The molecule has 0 atom stereocenters. The Hall–Kier alpha value is -2.50. The molecule has 6 heteroatoms. The van der Waals surface area contributed by atoms with E-state index in [1.807, 2.05) is 13.0 Å². The van der Waals surface area contributed by atoms with E-state index in [9.17, 15) is 4.79 Å². The Morgan fingerprint density at radius 1 is 1.16 bits per heavy atom. The van der Waals surface area contributed by atoms with Crippen LogP contribution >= 0.6 is 0 Å². The van der Waals surface area contributed by atoms with Crippen LogP contribution in [0.5, 0.6) is 11.8 Å². The zero-order valence-corrected chi connectivity index (χ0v) is 10.9. The van der Waals surface area contributed by atoms with Crippen LogP contribution in [-0.2, 0) is 0 Å². The fourth-order valence-electron chi connectivity index (χ4n) is 1.59. The van der Waals surface area contributed by atoms with Crippen LogP contribution in [0, 0.1) is 6.92 Å². The summed E-state index contributed by atoms with van der Waals surface area (Å²) in [6, 6.07) is 3.58. The third-order valence-corrected chi connectivity index (χ3v) is 2.56. The highest BCUT2D eigenvalue weighted by Crippen LogP contribution is 2.20. The van der Waals surface area contributed by atoms with Crippen molar-refractivity contribution < 1.29 is 14.3 Å². The van der Waals surface area contributed by atoms with E-state index in [2.05, 4.69) is 15.0 Å². The molecular formula is C13H13N3O3. The summed E-state index contributed by atoms with van der Waals surface area (Å²) in [6.07, 6.45) is 2.93. The molecule has 0 fully saturated rings. The van der Waals surface area contributed by atoms with E-state index in [4.69, 9.17) is 9.47 Å². The van der Waals surface area contributed by atoms with Gasteiger partial charge in [0.15, 0.2) is 5.69 Å². The summed E-state index contributed by atoms with van der Waals surface area (Å²) in [6.45, 7) is 1.81. The van der Waals surface area contributed by atoms with Gasteiger partial charge in [-0.15, -0.1) is 0 Å². The van der Waals surface area contributed by atoms with Crippen molar-refractivity contribution >= 4 is 5.78 Å². The number of nitrogens with zero attached hydrogens (tertiary/aromatic N) is 3. The molecule has 0 saturated carbocycles. The molecule has 0 aliphatic rings. The zero-order valence-electron chi connectivity index (χ0n) is 10.9. The van der Waals surface area contributed by atoms with Gasteiger partial charge in [-0.2, -0.15) is 4.98 Å². The molecule has 0 radical (unpaired) electrons. The van der Waals surface area contributed by atoms with E-state index < -0.39 is 0 Å². The van der Waals surface area contributed by atoms with Crippen LogP contribution in [0.3, 0.4) is 0 Å². The number of aromatic nitrogens is 3. The minimum absolute atomic E-state index is 0.116. The first kappa shape index (κ1) is 12.9. The molecule has 2 heterocycles. The molecule has 0 aromatic carbocycles. The molecule has 0 N–H and O–H groups in total. The van der Waals surface area contributed by atoms with Crippen molar-refractivity contribution in [3.8, 4) is 11.8 Å². The lowest BCUT2D eigenvalue weighted by Gasteiger charge is -2.08. The first-order valence-corrected chi connectivity index (χ1v) is 5.58. The van der Waals surface area contributed by atoms with Crippen molar-refractivity contribution in [2.45, 2.75) is 6.92 Å². The van der Waals surface area contributed by atoms with Crippen molar-refractivity contribution in [1.29, 1.82) is 0 Å². The molecule has 0 unspecified atom stereocenters. The van der Waals surface area contributed by atoms with E-state index in [1.165, 1.54) is 20.4 Å². The lowest BCUT2D eigenvalue weighted by molar-refractivity contribution is 0.102. The number of carbonyl (C=O) groups is 1. The molecule has 0 spiro atoms. The summed E-state index contributed by atoms with van der Waals surface area (Å²) in [5.41, 5.74) is 1.22. The molecule has 2 aromatic rings. The highest BCUT2D eigenvalue weighted by atomic mass is 16.5. The molecular weight excluding hydrogens is 246 g/mol. The highest BCUT2D eigenvalue weighted by molar-refractivity contribution is 6.08. The molecule has 0 saturated heterocycles. The molecule has 19 heavy (non-hydrogen) atoms. The molecule has 0 aliphatic heterocycles. The number of pyridine rings is 1. The quantitative estimate of drug-likeness (QED) is 0.773. The summed E-state index contributed by atoms with van der Waals surface area (Å²) in [5.74, 6) is 0.0747. The van der Waals surface area contributed by atoms with Gasteiger partial charge in [-0.1, -0.05) is 6.07 Å². The third kappa shape index (κ3) is 2.52. The third-order valence-electron chi connectivity index (χ3n) is 2.56. The van der Waals surface area contributed by atoms with Gasteiger partial charge in [0.25, 0.3) is 0 Å². The van der Waals surface area contributed by atoms with E-state index in [1.54, 1.807) is 12.3 Å². The average Bonchev–Trinajstić information content (AvgIpc) is 2.46. The lowest BCUT2D eigenvalue weighted by Crippen LogP contribution is -2.11. The fraction of sp³-hybridized carbons (Fsp3) is 0.231. The van der Waals surface area contributed by atoms with Gasteiger partial charge in [-0.25, -0.2) is 4.98 Å². The van der Waals surface area contributed by atoms with Crippen molar-refractivity contribution in [2.24, 2.45) is 0 Å². The SMILES string of the molecule is COc1cnc(C(=O)c2ncccc2C)c(OC)n1. The fourth-order valence-corrected chi connectivity index (χ4v) is 1.59. The predicted molar refractivity (Wildman–Crippen MR) is 67.5 cm³/mol. The number of rotatable bonds is 4. The number of ether oxygens (including phenoxy) is 2. The topological polar surface area (TPSA) is 74.2 Å². The zero-order chi connectivity index (χ0) is 13.8. The molecule has 2 aromatic heterocycles. The maximum atomic E-state index is 12.4. The Balaban J connectivity index is 2.47.